The highest BCUT2D eigenvalue weighted by atomic mass is 31.2. The molecule has 0 fully saturated rings. The molecule has 0 bridgehead atoms. The van der Waals surface area contributed by atoms with Crippen molar-refractivity contribution in [3.8, 4) is 0 Å². The Labute approximate surface area is 463 Å². The van der Waals surface area contributed by atoms with E-state index in [2.05, 4.69) is 112 Å². The van der Waals surface area contributed by atoms with E-state index in [1.807, 2.05) is 12.2 Å². The molecule has 0 aliphatic carbocycles. The molecular formula is C64H107O11P. The summed E-state index contributed by atoms with van der Waals surface area (Å²) in [5.41, 5.74) is 0. The molecule has 0 radical (unpaired) electrons. The van der Waals surface area contributed by atoms with Crippen LogP contribution in [0.5, 0.6) is 0 Å². The van der Waals surface area contributed by atoms with E-state index in [0.29, 0.717) is 19.3 Å². The third-order valence-electron chi connectivity index (χ3n) is 12.2. The molecule has 0 aromatic carbocycles. The minimum Gasteiger partial charge on any atom is -0.461 e. The van der Waals surface area contributed by atoms with Crippen LogP contribution in [0, 0.1) is 0 Å². The van der Waals surface area contributed by atoms with E-state index in [4.69, 9.17) is 23.3 Å². The van der Waals surface area contributed by atoms with Gasteiger partial charge in [-0.25, -0.2) is 4.57 Å². The maximum absolute atomic E-state index is 12.9. The molecule has 11 nitrogen and oxygen atoms in total. The molecule has 434 valence electrons. The predicted octanol–water partition coefficient (Wildman–Crippen LogP) is 17.8. The maximum atomic E-state index is 12.9. The van der Waals surface area contributed by atoms with Crippen molar-refractivity contribution in [2.24, 2.45) is 0 Å². The first-order chi connectivity index (χ1) is 37.2. The quantitative estimate of drug-likeness (QED) is 0.0197. The van der Waals surface area contributed by atoms with Crippen molar-refractivity contribution in [3.63, 3.8) is 0 Å². The number of carbonyl (C=O) groups excluding carboxylic acids is 3. The summed E-state index contributed by atoms with van der Waals surface area (Å²) in [4.78, 5) is 48.5. The van der Waals surface area contributed by atoms with Crippen LogP contribution >= 0.6 is 7.82 Å². The zero-order valence-corrected chi connectivity index (χ0v) is 48.8. The van der Waals surface area contributed by atoms with Crippen LogP contribution in [0.15, 0.2) is 109 Å². The summed E-state index contributed by atoms with van der Waals surface area (Å²) < 4.78 is 39.4. The molecule has 2 N–H and O–H groups in total. The molecule has 0 aliphatic heterocycles. The second-order valence-electron chi connectivity index (χ2n) is 19.4. The fourth-order valence-electron chi connectivity index (χ4n) is 7.73. The van der Waals surface area contributed by atoms with Crippen LogP contribution in [0.4, 0.5) is 0 Å². The van der Waals surface area contributed by atoms with Gasteiger partial charge in [0.2, 0.25) is 0 Å². The molecule has 3 atom stereocenters. The van der Waals surface area contributed by atoms with E-state index in [0.717, 1.165) is 96.3 Å². The van der Waals surface area contributed by atoms with Gasteiger partial charge in [0.15, 0.2) is 6.10 Å². The lowest BCUT2D eigenvalue weighted by Crippen LogP contribution is -2.30. The molecule has 76 heavy (non-hydrogen) atoms. The van der Waals surface area contributed by atoms with Crippen molar-refractivity contribution in [1.29, 1.82) is 0 Å². The molecular weight excluding hydrogens is 976 g/mol. The number of esters is 3. The highest BCUT2D eigenvalue weighted by Gasteiger charge is 2.28. The van der Waals surface area contributed by atoms with Gasteiger partial charge in [-0.2, -0.15) is 0 Å². The molecule has 0 amide bonds. The number of rotatable bonds is 54. The van der Waals surface area contributed by atoms with E-state index in [1.54, 1.807) is 6.08 Å². The van der Waals surface area contributed by atoms with Crippen LogP contribution in [0.1, 0.15) is 239 Å². The number of hydrogen-bond donors (Lipinski definition) is 2. The number of carbonyl (C=O) groups is 3. The normalized spacial score (nSPS) is 14.1. The zero-order chi connectivity index (χ0) is 55.5. The first-order valence-electron chi connectivity index (χ1n) is 29.8. The third kappa shape index (κ3) is 54.9. The van der Waals surface area contributed by atoms with Crippen LogP contribution in [0.25, 0.3) is 0 Å². The fourth-order valence-corrected chi connectivity index (χ4v) is 8.52. The molecule has 0 saturated heterocycles. The average Bonchev–Trinajstić information content (AvgIpc) is 3.41. The zero-order valence-electron chi connectivity index (χ0n) is 47.9. The monoisotopic (exact) mass is 1080 g/mol. The minimum absolute atomic E-state index is 0.0111. The van der Waals surface area contributed by atoms with Crippen LogP contribution in [-0.4, -0.2) is 66.5 Å². The second kappa shape index (κ2) is 57.3. The first-order valence-corrected chi connectivity index (χ1v) is 31.3. The molecule has 0 saturated carbocycles. The first kappa shape index (κ1) is 72.1. The lowest BCUT2D eigenvalue weighted by Gasteiger charge is -2.21. The van der Waals surface area contributed by atoms with Gasteiger partial charge in [-0.3, -0.25) is 23.4 Å². The summed E-state index contributed by atoms with van der Waals surface area (Å²) in [5.74, 6) is -1.64. The largest absolute Gasteiger partial charge is 0.472 e. The van der Waals surface area contributed by atoms with Crippen LogP contribution < -0.4 is 0 Å². The summed E-state index contributed by atoms with van der Waals surface area (Å²) >= 11 is 0. The highest BCUT2D eigenvalue weighted by molar-refractivity contribution is 7.47. The van der Waals surface area contributed by atoms with Crippen molar-refractivity contribution in [2.45, 2.75) is 251 Å². The molecule has 0 rings (SSSR count). The van der Waals surface area contributed by atoms with Gasteiger partial charge >= 0.3 is 25.7 Å². The molecule has 0 aromatic heterocycles. The van der Waals surface area contributed by atoms with Crippen molar-refractivity contribution in [1.82, 2.24) is 0 Å². The molecule has 0 aromatic rings. The Balaban J connectivity index is 4.82. The number of allylic oxidation sites excluding steroid dienone is 17. The van der Waals surface area contributed by atoms with Gasteiger partial charge in [-0.15, -0.1) is 0 Å². The summed E-state index contributed by atoms with van der Waals surface area (Å²) in [7, 11) is -4.78. The van der Waals surface area contributed by atoms with Crippen molar-refractivity contribution >= 4 is 25.7 Å². The number of phosphoric acid groups is 1. The van der Waals surface area contributed by atoms with Gasteiger partial charge in [0.05, 0.1) is 26.2 Å². The van der Waals surface area contributed by atoms with E-state index in [9.17, 15) is 28.9 Å². The van der Waals surface area contributed by atoms with E-state index in [1.165, 1.54) is 83.5 Å². The molecule has 3 unspecified atom stereocenters. The minimum atomic E-state index is -4.78. The highest BCUT2D eigenvalue weighted by Crippen LogP contribution is 2.43. The SMILES string of the molecule is CC/C=C\C/C=C\C/C=C\C/C=C\C/C=C\CC(=O)OCC(COP(=O)(O)OCC(CO)OC(=O)CCCCCCC/C=C\C/C=C\C/C=C\CC)OC(=O)CCCCCCCCCCC/C=C\CCCCCCCC. The van der Waals surface area contributed by atoms with Gasteiger partial charge in [0.25, 0.3) is 0 Å². The van der Waals surface area contributed by atoms with Crippen LogP contribution in [0.3, 0.4) is 0 Å². The smallest absolute Gasteiger partial charge is 0.461 e. The van der Waals surface area contributed by atoms with Gasteiger partial charge in [0.1, 0.15) is 12.7 Å². The number of aliphatic hydroxyl groups is 1. The Morgan fingerprint density at radius 1 is 0.395 bits per heavy atom. The maximum Gasteiger partial charge on any atom is 0.472 e. The van der Waals surface area contributed by atoms with Crippen molar-refractivity contribution in [2.75, 3.05) is 26.4 Å². The fraction of sp³-hybridized carbons (Fsp3) is 0.672. The van der Waals surface area contributed by atoms with Crippen LogP contribution in [0.2, 0.25) is 0 Å². The summed E-state index contributed by atoms with van der Waals surface area (Å²) in [6.07, 6.45) is 69.3. The molecule has 0 aliphatic rings. The Bertz CT molecular complexity index is 1690. The van der Waals surface area contributed by atoms with Gasteiger partial charge in [0, 0.05) is 12.8 Å². The summed E-state index contributed by atoms with van der Waals surface area (Å²) in [5, 5.41) is 9.82. The molecule has 12 heteroatoms. The third-order valence-corrected chi connectivity index (χ3v) is 13.1. The van der Waals surface area contributed by atoms with Crippen LogP contribution in [-0.2, 0) is 42.2 Å². The van der Waals surface area contributed by atoms with Crippen molar-refractivity contribution < 1.29 is 52.2 Å². The lowest BCUT2D eigenvalue weighted by atomic mass is 10.1. The summed E-state index contributed by atoms with van der Waals surface area (Å²) in [6, 6.07) is 0. The number of ether oxygens (including phenoxy) is 3. The predicted molar refractivity (Wildman–Crippen MR) is 316 cm³/mol. The standard InChI is InChI=1S/C64H107O11P/c1-4-7-10-13-16-19-22-25-28-29-30-31-34-37-40-43-46-49-52-55-64(68)75-61(57-71-62(66)53-50-47-44-41-38-35-32-26-23-20-17-14-11-8-5-2)59-73-76(69,70)72-58-60(56-65)74-63(67)54-51-48-45-42-39-36-33-27-24-21-18-15-12-9-6-3/h8-9,11-12,17-18,20-21,25-28,32-33,38,41,47,50,60-61,65H,4-7,10,13-16,19,22-24,29-31,34-37,39-40,42-46,48-49,51-59H2,1-3H3,(H,69,70)/b11-8-,12-9-,20-17-,21-18-,28-25-,32-26-,33-27-,41-38-,50-47-. The Morgan fingerprint density at radius 2 is 0.724 bits per heavy atom. The Morgan fingerprint density at radius 3 is 1.13 bits per heavy atom. The number of hydrogen-bond acceptors (Lipinski definition) is 10. The Hall–Kier alpha value is -3.86. The summed E-state index contributed by atoms with van der Waals surface area (Å²) in [6.45, 7) is 4.29. The lowest BCUT2D eigenvalue weighted by molar-refractivity contribution is -0.161. The number of aliphatic hydroxyl groups excluding tert-OH is 1. The molecule has 0 spiro atoms. The van der Waals surface area contributed by atoms with E-state index in [-0.39, 0.29) is 19.3 Å². The number of unbranched alkanes of at least 4 members (excludes halogenated alkanes) is 20. The van der Waals surface area contributed by atoms with E-state index < -0.39 is 64.4 Å². The molecule has 0 heterocycles. The second-order valence-corrected chi connectivity index (χ2v) is 20.9. The van der Waals surface area contributed by atoms with Gasteiger partial charge in [-0.05, 0) is 103 Å². The average molecular weight is 1080 g/mol. The van der Waals surface area contributed by atoms with Gasteiger partial charge in [-0.1, -0.05) is 226 Å². The topological polar surface area (TPSA) is 155 Å². The van der Waals surface area contributed by atoms with Crippen molar-refractivity contribution in [3.05, 3.63) is 109 Å². The van der Waals surface area contributed by atoms with Gasteiger partial charge < -0.3 is 24.2 Å². The Kier molecular flexibility index (Phi) is 54.4. The van der Waals surface area contributed by atoms with E-state index >= 15 is 0 Å². The number of phosphoric ester groups is 1.